The molecule has 122 valence electrons. The molecule has 0 bridgehead atoms. The van der Waals surface area contributed by atoms with E-state index in [4.69, 9.17) is 5.10 Å². The summed E-state index contributed by atoms with van der Waals surface area (Å²) >= 11 is 1.64. The van der Waals surface area contributed by atoms with E-state index in [1.807, 2.05) is 37.3 Å². The van der Waals surface area contributed by atoms with Gasteiger partial charge in [-0.3, -0.25) is 4.79 Å². The molecule has 0 radical (unpaired) electrons. The molecule has 1 aliphatic rings. The van der Waals surface area contributed by atoms with Crippen molar-refractivity contribution in [2.24, 2.45) is 0 Å². The highest BCUT2D eigenvalue weighted by Gasteiger charge is 2.20. The summed E-state index contributed by atoms with van der Waals surface area (Å²) in [7, 11) is 0. The van der Waals surface area contributed by atoms with Gasteiger partial charge in [0.05, 0.1) is 18.0 Å². The third kappa shape index (κ3) is 2.60. The van der Waals surface area contributed by atoms with Crippen LogP contribution in [-0.4, -0.2) is 14.9 Å². The van der Waals surface area contributed by atoms with Gasteiger partial charge in [-0.15, -0.1) is 11.3 Å². The number of hydrogen-bond donors (Lipinski definition) is 1. The summed E-state index contributed by atoms with van der Waals surface area (Å²) in [6.45, 7) is 2.07. The Labute approximate surface area is 144 Å². The molecule has 0 saturated carbocycles. The van der Waals surface area contributed by atoms with E-state index in [-0.39, 0.29) is 12.2 Å². The van der Waals surface area contributed by atoms with Crippen LogP contribution in [0.5, 0.6) is 0 Å². The van der Waals surface area contributed by atoms with Crippen LogP contribution in [0.4, 0.5) is 0 Å². The van der Waals surface area contributed by atoms with Crippen molar-refractivity contribution in [2.75, 3.05) is 0 Å². The number of fused-ring (bicyclic) bond motifs is 3. The summed E-state index contributed by atoms with van der Waals surface area (Å²) in [6.07, 6.45) is 2.83. The van der Waals surface area contributed by atoms with Crippen molar-refractivity contribution in [3.05, 3.63) is 67.6 Å². The number of hydrogen-bond acceptors (Lipinski definition) is 4. The predicted octanol–water partition coefficient (Wildman–Crippen LogP) is 3.25. The van der Waals surface area contributed by atoms with Crippen LogP contribution in [0.1, 0.15) is 27.3 Å². The summed E-state index contributed by atoms with van der Waals surface area (Å²) in [5.41, 5.74) is 4.77. The average molecular weight is 338 g/mol. The first-order valence-electron chi connectivity index (χ1n) is 8.09. The second-order valence-electron chi connectivity index (χ2n) is 6.17. The molecule has 3 aromatic rings. The molecule has 0 aliphatic heterocycles. The van der Waals surface area contributed by atoms with Gasteiger partial charge in [0.2, 0.25) is 0 Å². The van der Waals surface area contributed by atoms with Gasteiger partial charge in [0, 0.05) is 21.4 Å². The molecule has 24 heavy (non-hydrogen) atoms. The molecule has 0 saturated heterocycles. The Morgan fingerprint density at radius 2 is 2.00 bits per heavy atom. The van der Waals surface area contributed by atoms with Gasteiger partial charge in [0.25, 0.3) is 5.56 Å². The number of aromatic nitrogens is 2. The van der Waals surface area contributed by atoms with Crippen LogP contribution in [0, 0.1) is 6.92 Å². The van der Waals surface area contributed by atoms with E-state index in [2.05, 4.69) is 0 Å². The van der Waals surface area contributed by atoms with Crippen molar-refractivity contribution in [3.63, 3.8) is 0 Å². The fourth-order valence-electron chi connectivity index (χ4n) is 3.17. The standard InChI is InChI=1S/C19H18N2O2S/c1-12-5-7-14(8-6-12)21-18(23)9-13-3-2-4-17-16(19(13)20-21)10-15(11-22)24-17/h5-10,22H,2-4,11H2,1H3. The molecule has 5 heteroatoms. The Morgan fingerprint density at radius 3 is 2.75 bits per heavy atom. The molecule has 1 aliphatic carbocycles. The number of rotatable bonds is 2. The highest BCUT2D eigenvalue weighted by atomic mass is 32.1. The predicted molar refractivity (Wildman–Crippen MR) is 95.8 cm³/mol. The van der Waals surface area contributed by atoms with Gasteiger partial charge >= 0.3 is 0 Å². The minimum Gasteiger partial charge on any atom is -0.391 e. The Bertz CT molecular complexity index is 954. The molecule has 4 rings (SSSR count). The maximum Gasteiger partial charge on any atom is 0.271 e. The van der Waals surface area contributed by atoms with Crippen molar-refractivity contribution in [1.29, 1.82) is 0 Å². The third-order valence-corrected chi connectivity index (χ3v) is 5.59. The topological polar surface area (TPSA) is 55.1 Å². The number of nitrogens with zero attached hydrogens (tertiary/aromatic N) is 2. The Hall–Kier alpha value is -2.24. The van der Waals surface area contributed by atoms with E-state index in [0.717, 1.165) is 52.2 Å². The summed E-state index contributed by atoms with van der Waals surface area (Å²) in [5, 5.41) is 14.1. The number of benzene rings is 1. The summed E-state index contributed by atoms with van der Waals surface area (Å²) in [4.78, 5) is 14.7. The Morgan fingerprint density at radius 1 is 1.21 bits per heavy atom. The first-order valence-corrected chi connectivity index (χ1v) is 8.90. The highest BCUT2D eigenvalue weighted by Crippen LogP contribution is 2.36. The number of aryl methyl sites for hydroxylation is 3. The molecular weight excluding hydrogens is 320 g/mol. The van der Waals surface area contributed by atoms with Crippen LogP contribution >= 0.6 is 11.3 Å². The molecule has 1 N–H and O–H groups in total. The van der Waals surface area contributed by atoms with E-state index in [0.29, 0.717) is 0 Å². The van der Waals surface area contributed by atoms with E-state index >= 15 is 0 Å². The van der Waals surface area contributed by atoms with Crippen LogP contribution in [0.3, 0.4) is 0 Å². The van der Waals surface area contributed by atoms with Crippen LogP contribution in [0.2, 0.25) is 0 Å². The number of aliphatic hydroxyl groups is 1. The molecule has 0 amide bonds. The van der Waals surface area contributed by atoms with Crippen LogP contribution in [-0.2, 0) is 19.4 Å². The monoisotopic (exact) mass is 338 g/mol. The van der Waals surface area contributed by atoms with Gasteiger partial charge in [-0.05, 0) is 49.9 Å². The van der Waals surface area contributed by atoms with E-state index in [9.17, 15) is 9.90 Å². The second kappa shape index (κ2) is 6.00. The lowest BCUT2D eigenvalue weighted by Crippen LogP contribution is -2.22. The molecule has 0 spiro atoms. The largest absolute Gasteiger partial charge is 0.391 e. The molecular formula is C19H18N2O2S. The highest BCUT2D eigenvalue weighted by molar-refractivity contribution is 7.12. The van der Waals surface area contributed by atoms with Gasteiger partial charge in [-0.1, -0.05) is 17.7 Å². The van der Waals surface area contributed by atoms with Gasteiger partial charge in [-0.25, -0.2) is 0 Å². The normalized spacial score (nSPS) is 13.2. The van der Waals surface area contributed by atoms with Crippen molar-refractivity contribution >= 4 is 11.3 Å². The molecule has 2 aromatic heterocycles. The average Bonchev–Trinajstić information content (AvgIpc) is 2.92. The maximum atomic E-state index is 12.5. The summed E-state index contributed by atoms with van der Waals surface area (Å²) in [5.74, 6) is 0. The molecule has 1 aromatic carbocycles. The minimum atomic E-state index is -0.0985. The molecule has 0 atom stereocenters. The molecule has 0 unspecified atom stereocenters. The zero-order valence-electron chi connectivity index (χ0n) is 13.5. The zero-order valence-corrected chi connectivity index (χ0v) is 14.3. The van der Waals surface area contributed by atoms with Gasteiger partial charge in [-0.2, -0.15) is 9.78 Å². The lowest BCUT2D eigenvalue weighted by Gasteiger charge is -2.10. The number of aliphatic hydroxyl groups excluding tert-OH is 1. The lowest BCUT2D eigenvalue weighted by atomic mass is 10.1. The van der Waals surface area contributed by atoms with Crippen molar-refractivity contribution in [2.45, 2.75) is 32.8 Å². The fourth-order valence-corrected chi connectivity index (χ4v) is 4.24. The van der Waals surface area contributed by atoms with Crippen molar-refractivity contribution < 1.29 is 5.11 Å². The Kier molecular flexibility index (Phi) is 3.82. The minimum absolute atomic E-state index is 0.0462. The lowest BCUT2D eigenvalue weighted by molar-refractivity contribution is 0.285. The first kappa shape index (κ1) is 15.3. The Balaban J connectivity index is 1.92. The quantitative estimate of drug-likeness (QED) is 0.780. The van der Waals surface area contributed by atoms with Gasteiger partial charge in [0.1, 0.15) is 0 Å². The summed E-state index contributed by atoms with van der Waals surface area (Å²) in [6, 6.07) is 11.5. The maximum absolute atomic E-state index is 12.5. The smallest absolute Gasteiger partial charge is 0.271 e. The van der Waals surface area contributed by atoms with Gasteiger partial charge in [0.15, 0.2) is 0 Å². The number of thiophene rings is 1. The second-order valence-corrected chi connectivity index (χ2v) is 7.39. The molecule has 4 nitrogen and oxygen atoms in total. The van der Waals surface area contributed by atoms with Crippen molar-refractivity contribution in [1.82, 2.24) is 9.78 Å². The summed E-state index contributed by atoms with van der Waals surface area (Å²) < 4.78 is 1.48. The van der Waals surface area contributed by atoms with Crippen LogP contribution in [0.15, 0.2) is 41.2 Å². The first-order chi connectivity index (χ1) is 11.7. The zero-order chi connectivity index (χ0) is 16.7. The van der Waals surface area contributed by atoms with E-state index < -0.39 is 0 Å². The third-order valence-electron chi connectivity index (χ3n) is 4.41. The van der Waals surface area contributed by atoms with Crippen molar-refractivity contribution in [3.8, 4) is 16.9 Å². The van der Waals surface area contributed by atoms with E-state index in [1.165, 1.54) is 9.56 Å². The SMILES string of the molecule is Cc1ccc(-n2nc3c(cc2=O)CCCc2sc(CO)cc2-3)cc1. The van der Waals surface area contributed by atoms with Gasteiger partial charge < -0.3 is 5.11 Å². The molecule has 2 heterocycles. The van der Waals surface area contributed by atoms with Crippen LogP contribution in [0.25, 0.3) is 16.9 Å². The van der Waals surface area contributed by atoms with E-state index in [1.54, 1.807) is 17.4 Å². The molecule has 0 fully saturated rings. The van der Waals surface area contributed by atoms with Crippen LogP contribution < -0.4 is 5.56 Å². The fraction of sp³-hybridized carbons (Fsp3) is 0.263.